The molecule has 2 N–H and O–H groups in total. The van der Waals surface area contributed by atoms with Gasteiger partial charge in [-0.3, -0.25) is 0 Å². The minimum Gasteiger partial charge on any atom is -0.496 e. The lowest BCUT2D eigenvalue weighted by Gasteiger charge is -2.14. The van der Waals surface area contributed by atoms with Crippen molar-refractivity contribution >= 4 is 0 Å². The van der Waals surface area contributed by atoms with Gasteiger partial charge in [-0.1, -0.05) is 24.3 Å². The van der Waals surface area contributed by atoms with Crippen molar-refractivity contribution in [1.82, 2.24) is 0 Å². The van der Waals surface area contributed by atoms with Gasteiger partial charge in [0, 0.05) is 11.6 Å². The van der Waals surface area contributed by atoms with E-state index in [9.17, 15) is 0 Å². The summed E-state index contributed by atoms with van der Waals surface area (Å²) in [6, 6.07) is 13.5. The molecule has 0 bridgehead atoms. The van der Waals surface area contributed by atoms with Gasteiger partial charge < -0.3 is 19.9 Å². The molecule has 0 fully saturated rings. The Morgan fingerprint density at radius 2 is 1.67 bits per heavy atom. The molecule has 2 rings (SSSR count). The van der Waals surface area contributed by atoms with Gasteiger partial charge in [0.25, 0.3) is 0 Å². The third-order valence-electron chi connectivity index (χ3n) is 3.29. The summed E-state index contributed by atoms with van der Waals surface area (Å²) in [5, 5.41) is 0. The van der Waals surface area contributed by atoms with Crippen LogP contribution in [-0.2, 0) is 6.61 Å². The Hall–Kier alpha value is -2.20. The van der Waals surface area contributed by atoms with E-state index in [2.05, 4.69) is 0 Å². The first-order valence-electron chi connectivity index (χ1n) is 6.84. The molecule has 4 nitrogen and oxygen atoms in total. The van der Waals surface area contributed by atoms with E-state index in [4.69, 9.17) is 19.9 Å². The van der Waals surface area contributed by atoms with Gasteiger partial charge in [0.05, 0.1) is 14.2 Å². The van der Waals surface area contributed by atoms with Crippen molar-refractivity contribution in [3.63, 3.8) is 0 Å². The van der Waals surface area contributed by atoms with E-state index in [1.54, 1.807) is 14.2 Å². The van der Waals surface area contributed by atoms with E-state index >= 15 is 0 Å². The number of ether oxygens (including phenoxy) is 3. The summed E-state index contributed by atoms with van der Waals surface area (Å²) in [4.78, 5) is 0. The number of methoxy groups -OCH3 is 2. The summed E-state index contributed by atoms with van der Waals surface area (Å²) < 4.78 is 16.5. The van der Waals surface area contributed by atoms with E-state index in [-0.39, 0.29) is 6.04 Å². The van der Waals surface area contributed by atoms with Crippen LogP contribution in [0.5, 0.6) is 17.2 Å². The lowest BCUT2D eigenvalue weighted by Crippen LogP contribution is -2.06. The van der Waals surface area contributed by atoms with Crippen LogP contribution in [0.3, 0.4) is 0 Å². The molecule has 0 radical (unpaired) electrons. The molecule has 2 aromatic rings. The van der Waals surface area contributed by atoms with E-state index < -0.39 is 0 Å². The third-order valence-corrected chi connectivity index (χ3v) is 3.29. The first kappa shape index (κ1) is 15.2. The van der Waals surface area contributed by atoms with E-state index in [0.717, 1.165) is 16.9 Å². The molecule has 0 amide bonds. The lowest BCUT2D eigenvalue weighted by atomic mass is 10.1. The van der Waals surface area contributed by atoms with Gasteiger partial charge in [0.1, 0.15) is 12.4 Å². The molecule has 0 aliphatic heterocycles. The van der Waals surface area contributed by atoms with E-state index in [0.29, 0.717) is 18.1 Å². The number of benzene rings is 2. The molecule has 0 aliphatic carbocycles. The summed E-state index contributed by atoms with van der Waals surface area (Å²) in [5.74, 6) is 2.18. The van der Waals surface area contributed by atoms with Gasteiger partial charge in [-0.05, 0) is 30.7 Å². The summed E-state index contributed by atoms with van der Waals surface area (Å²) in [6.07, 6.45) is 0. The van der Waals surface area contributed by atoms with Crippen LogP contribution >= 0.6 is 0 Å². The Bertz CT molecular complexity index is 596. The number of hydrogen-bond donors (Lipinski definition) is 1. The predicted octanol–water partition coefficient (Wildman–Crippen LogP) is 3.30. The zero-order valence-electron chi connectivity index (χ0n) is 12.6. The van der Waals surface area contributed by atoms with Crippen LogP contribution in [0.1, 0.15) is 24.1 Å². The molecule has 0 aliphatic rings. The number of rotatable bonds is 6. The fourth-order valence-electron chi connectivity index (χ4n) is 2.06. The van der Waals surface area contributed by atoms with Crippen molar-refractivity contribution in [2.75, 3.05) is 14.2 Å². The van der Waals surface area contributed by atoms with Gasteiger partial charge in [-0.25, -0.2) is 0 Å². The maximum atomic E-state index is 5.88. The monoisotopic (exact) mass is 287 g/mol. The Labute approximate surface area is 125 Å². The van der Waals surface area contributed by atoms with Crippen LogP contribution in [0, 0.1) is 0 Å². The second-order valence-electron chi connectivity index (χ2n) is 4.80. The molecular formula is C17H21NO3. The summed E-state index contributed by atoms with van der Waals surface area (Å²) in [5.41, 5.74) is 7.87. The van der Waals surface area contributed by atoms with Gasteiger partial charge in [-0.15, -0.1) is 0 Å². The van der Waals surface area contributed by atoms with Crippen LogP contribution in [-0.4, -0.2) is 14.2 Å². The minimum atomic E-state index is -0.0397. The zero-order valence-corrected chi connectivity index (χ0v) is 12.6. The first-order valence-corrected chi connectivity index (χ1v) is 6.84. The third kappa shape index (κ3) is 3.67. The van der Waals surface area contributed by atoms with Gasteiger partial charge in [-0.2, -0.15) is 0 Å². The normalized spacial score (nSPS) is 11.8. The molecule has 0 aromatic heterocycles. The number of hydrogen-bond acceptors (Lipinski definition) is 4. The largest absolute Gasteiger partial charge is 0.496 e. The van der Waals surface area contributed by atoms with Gasteiger partial charge in [0.2, 0.25) is 0 Å². The molecule has 0 saturated heterocycles. The molecule has 0 saturated carbocycles. The van der Waals surface area contributed by atoms with Crippen LogP contribution in [0.2, 0.25) is 0 Å². The van der Waals surface area contributed by atoms with Crippen LogP contribution < -0.4 is 19.9 Å². The summed E-state index contributed by atoms with van der Waals surface area (Å²) in [7, 11) is 3.27. The maximum Gasteiger partial charge on any atom is 0.161 e. The average molecular weight is 287 g/mol. The fourth-order valence-corrected chi connectivity index (χ4v) is 2.06. The van der Waals surface area contributed by atoms with Crippen molar-refractivity contribution in [3.05, 3.63) is 53.6 Å². The zero-order chi connectivity index (χ0) is 15.2. The standard InChI is InChI=1S/C17H21NO3/c1-12(18)13-8-9-16(17(10-13)20-3)21-11-14-6-4-5-7-15(14)19-2/h4-10,12H,11,18H2,1-3H3/t12-/m0/s1. The number of nitrogens with two attached hydrogens (primary N) is 1. The molecule has 0 heterocycles. The second kappa shape index (κ2) is 6.99. The molecule has 1 atom stereocenters. The van der Waals surface area contributed by atoms with Crippen LogP contribution in [0.4, 0.5) is 0 Å². The van der Waals surface area contributed by atoms with Crippen molar-refractivity contribution in [3.8, 4) is 17.2 Å². The molecule has 0 unspecified atom stereocenters. The SMILES string of the molecule is COc1ccccc1COc1ccc([C@H](C)N)cc1OC. The quantitative estimate of drug-likeness (QED) is 0.885. The average Bonchev–Trinajstić information content (AvgIpc) is 2.52. The van der Waals surface area contributed by atoms with Gasteiger partial charge >= 0.3 is 0 Å². The maximum absolute atomic E-state index is 5.88. The molecule has 112 valence electrons. The molecule has 4 heteroatoms. The smallest absolute Gasteiger partial charge is 0.161 e. The summed E-state index contributed by atoms with van der Waals surface area (Å²) >= 11 is 0. The van der Waals surface area contributed by atoms with E-state index in [1.165, 1.54) is 0 Å². The minimum absolute atomic E-state index is 0.0397. The van der Waals surface area contributed by atoms with Crippen LogP contribution in [0.25, 0.3) is 0 Å². The molecule has 21 heavy (non-hydrogen) atoms. The van der Waals surface area contributed by atoms with Crippen LogP contribution in [0.15, 0.2) is 42.5 Å². The fraction of sp³-hybridized carbons (Fsp3) is 0.294. The van der Waals surface area contributed by atoms with Crippen molar-refractivity contribution in [2.24, 2.45) is 5.73 Å². The molecule has 0 spiro atoms. The Kier molecular flexibility index (Phi) is 5.06. The Balaban J connectivity index is 2.16. The highest BCUT2D eigenvalue weighted by Gasteiger charge is 2.09. The molecule has 2 aromatic carbocycles. The molecular weight excluding hydrogens is 266 g/mol. The van der Waals surface area contributed by atoms with Gasteiger partial charge in [0.15, 0.2) is 11.5 Å². The highest BCUT2D eigenvalue weighted by atomic mass is 16.5. The predicted molar refractivity (Wildman–Crippen MR) is 82.9 cm³/mol. The second-order valence-corrected chi connectivity index (χ2v) is 4.80. The Morgan fingerprint density at radius 3 is 2.33 bits per heavy atom. The van der Waals surface area contributed by atoms with Crippen molar-refractivity contribution < 1.29 is 14.2 Å². The summed E-state index contributed by atoms with van der Waals surface area (Å²) in [6.45, 7) is 2.35. The number of para-hydroxylation sites is 1. The van der Waals surface area contributed by atoms with Crippen molar-refractivity contribution in [2.45, 2.75) is 19.6 Å². The highest BCUT2D eigenvalue weighted by molar-refractivity contribution is 5.44. The van der Waals surface area contributed by atoms with Crippen molar-refractivity contribution in [1.29, 1.82) is 0 Å². The highest BCUT2D eigenvalue weighted by Crippen LogP contribution is 2.31. The first-order chi connectivity index (χ1) is 10.2. The lowest BCUT2D eigenvalue weighted by molar-refractivity contribution is 0.278. The Morgan fingerprint density at radius 1 is 0.952 bits per heavy atom. The topological polar surface area (TPSA) is 53.7 Å². The van der Waals surface area contributed by atoms with E-state index in [1.807, 2.05) is 49.4 Å².